The van der Waals surface area contributed by atoms with E-state index < -0.39 is 0 Å². The maximum absolute atomic E-state index is 5.72. The quantitative estimate of drug-likeness (QED) is 0.742. The summed E-state index contributed by atoms with van der Waals surface area (Å²) in [4.78, 5) is 0. The summed E-state index contributed by atoms with van der Waals surface area (Å²) in [5.74, 6) is 0. The molecule has 1 spiro atoms. The first-order chi connectivity index (χ1) is 7.19. The van der Waals surface area contributed by atoms with Gasteiger partial charge >= 0.3 is 0 Å². The van der Waals surface area contributed by atoms with Gasteiger partial charge in [0.2, 0.25) is 0 Å². The van der Waals surface area contributed by atoms with Gasteiger partial charge in [-0.25, -0.2) is 0 Å². The van der Waals surface area contributed by atoms with Crippen molar-refractivity contribution in [2.75, 3.05) is 6.61 Å². The maximum atomic E-state index is 5.72. The number of benzene rings is 1. The molecule has 0 radical (unpaired) electrons. The lowest BCUT2D eigenvalue weighted by Crippen LogP contribution is -2.48. The Morgan fingerprint density at radius 2 is 2.33 bits per heavy atom. The third-order valence-electron chi connectivity index (χ3n) is 3.25. The zero-order chi connectivity index (χ0) is 10.5. The Morgan fingerprint density at radius 1 is 1.47 bits per heavy atom. The smallest absolute Gasteiger partial charge is 0.161 e. The maximum Gasteiger partial charge on any atom is 0.161 e. The van der Waals surface area contributed by atoms with Crippen LogP contribution >= 0.6 is 15.9 Å². The average Bonchev–Trinajstić information content (AvgIpc) is 2.72. The topological polar surface area (TPSA) is 47.3 Å². The lowest BCUT2D eigenvalue weighted by Gasteiger charge is -2.21. The summed E-state index contributed by atoms with van der Waals surface area (Å²) >= 11 is 3.59. The Bertz CT molecular complexity index is 410. The summed E-state index contributed by atoms with van der Waals surface area (Å²) < 4.78 is 6.61. The van der Waals surface area contributed by atoms with Crippen LogP contribution in [0, 0.1) is 0 Å². The number of halogens is 1. The number of fused-ring (bicyclic) bond motifs is 1. The number of hydrogen-bond acceptors (Lipinski definition) is 3. The van der Waals surface area contributed by atoms with Gasteiger partial charge in [0.05, 0.1) is 12.1 Å². The molecule has 1 fully saturated rings. The van der Waals surface area contributed by atoms with E-state index in [9.17, 15) is 0 Å². The molecule has 0 aromatic heterocycles. The zero-order valence-electron chi connectivity index (χ0n) is 8.29. The van der Waals surface area contributed by atoms with Crippen LogP contribution in [0.5, 0.6) is 0 Å². The molecule has 3 nitrogen and oxygen atoms in total. The van der Waals surface area contributed by atoms with E-state index in [2.05, 4.69) is 39.4 Å². The molecule has 3 rings (SSSR count). The Hall–Kier alpha value is -0.420. The van der Waals surface area contributed by atoms with E-state index in [4.69, 9.17) is 10.5 Å². The Balaban J connectivity index is 1.95. The monoisotopic (exact) mass is 268 g/mol. The van der Waals surface area contributed by atoms with Gasteiger partial charge in [-0.3, -0.25) is 11.1 Å². The molecule has 1 heterocycles. The van der Waals surface area contributed by atoms with Crippen LogP contribution in [-0.2, 0) is 17.6 Å². The molecule has 1 aromatic carbocycles. The summed E-state index contributed by atoms with van der Waals surface area (Å²) in [5.41, 5.74) is 8.54. The summed E-state index contributed by atoms with van der Waals surface area (Å²) in [7, 11) is 0. The molecule has 15 heavy (non-hydrogen) atoms. The van der Waals surface area contributed by atoms with Crippen LogP contribution in [0.2, 0.25) is 0 Å². The molecular weight excluding hydrogens is 256 g/mol. The van der Waals surface area contributed by atoms with E-state index in [-0.39, 0.29) is 11.9 Å². The number of hydrogen-bond donors (Lipinski definition) is 2. The number of rotatable bonds is 0. The van der Waals surface area contributed by atoms with Gasteiger partial charge < -0.3 is 4.74 Å². The lowest BCUT2D eigenvalue weighted by molar-refractivity contribution is 0.103. The number of ether oxygens (including phenoxy) is 1. The highest BCUT2D eigenvalue weighted by Gasteiger charge is 2.43. The van der Waals surface area contributed by atoms with Crippen LogP contribution in [0.3, 0.4) is 0 Å². The van der Waals surface area contributed by atoms with Gasteiger partial charge in [0.25, 0.3) is 0 Å². The molecule has 1 saturated heterocycles. The van der Waals surface area contributed by atoms with Crippen molar-refractivity contribution in [3.63, 3.8) is 0 Å². The minimum atomic E-state index is -0.307. The molecule has 2 unspecified atom stereocenters. The fourth-order valence-electron chi connectivity index (χ4n) is 2.57. The molecule has 1 aromatic rings. The summed E-state index contributed by atoms with van der Waals surface area (Å²) in [6.07, 6.45) is 1.70. The minimum absolute atomic E-state index is 0.0334. The lowest BCUT2D eigenvalue weighted by atomic mass is 9.98. The molecule has 2 atom stereocenters. The number of nitrogens with two attached hydrogens (primary N) is 1. The fourth-order valence-corrected chi connectivity index (χ4v) is 3.12. The van der Waals surface area contributed by atoms with Gasteiger partial charge in [0, 0.05) is 4.47 Å². The second-order valence-corrected chi connectivity index (χ2v) is 5.24. The first-order valence-corrected chi connectivity index (χ1v) is 5.89. The van der Waals surface area contributed by atoms with E-state index in [0.717, 1.165) is 12.8 Å². The van der Waals surface area contributed by atoms with Gasteiger partial charge in [0.1, 0.15) is 0 Å². The molecule has 4 heteroatoms. The zero-order valence-corrected chi connectivity index (χ0v) is 9.88. The number of nitrogens with one attached hydrogen (secondary N) is 1. The minimum Gasteiger partial charge on any atom is -0.348 e. The van der Waals surface area contributed by atoms with E-state index in [1.54, 1.807) is 0 Å². The Labute approximate surface area is 97.1 Å². The van der Waals surface area contributed by atoms with Crippen LogP contribution in [0.4, 0.5) is 0 Å². The largest absolute Gasteiger partial charge is 0.348 e. The average molecular weight is 269 g/mol. The van der Waals surface area contributed by atoms with Gasteiger partial charge in [0.15, 0.2) is 6.35 Å². The van der Waals surface area contributed by atoms with Gasteiger partial charge in [-0.2, -0.15) is 0 Å². The molecule has 0 bridgehead atoms. The molecule has 1 aliphatic carbocycles. The standard InChI is InChI=1S/C11H13BrN2O/c12-9-3-1-2-7-4-11(5-8(7)9)6-15-10(13)14-11/h1-3,10,14H,4-6,13H2. The molecule has 2 aliphatic rings. The van der Waals surface area contributed by atoms with Gasteiger partial charge in [-0.05, 0) is 30.0 Å². The predicted octanol–water partition coefficient (Wildman–Crippen LogP) is 1.15. The summed E-state index contributed by atoms with van der Waals surface area (Å²) in [6.45, 7) is 0.704. The first kappa shape index (κ1) is 9.78. The SMILES string of the molecule is NC1NC2(CO1)Cc1cccc(Br)c1C2. The second kappa shape index (κ2) is 3.28. The molecule has 80 valence electrons. The van der Waals surface area contributed by atoms with E-state index in [1.165, 1.54) is 15.6 Å². The third-order valence-corrected chi connectivity index (χ3v) is 3.99. The molecule has 1 aliphatic heterocycles. The fraction of sp³-hybridized carbons (Fsp3) is 0.455. The van der Waals surface area contributed by atoms with Crippen LogP contribution in [0.15, 0.2) is 22.7 Å². The first-order valence-electron chi connectivity index (χ1n) is 5.10. The van der Waals surface area contributed by atoms with Crippen molar-refractivity contribution >= 4 is 15.9 Å². The highest BCUT2D eigenvalue weighted by atomic mass is 79.9. The van der Waals surface area contributed by atoms with Crippen LogP contribution < -0.4 is 11.1 Å². The van der Waals surface area contributed by atoms with Crippen molar-refractivity contribution in [1.29, 1.82) is 0 Å². The van der Waals surface area contributed by atoms with Crippen molar-refractivity contribution in [2.45, 2.75) is 24.7 Å². The summed E-state index contributed by atoms with van der Waals surface area (Å²) in [5, 5.41) is 3.34. The summed E-state index contributed by atoms with van der Waals surface area (Å²) in [6, 6.07) is 6.35. The van der Waals surface area contributed by atoms with Crippen molar-refractivity contribution < 1.29 is 4.74 Å². The van der Waals surface area contributed by atoms with Crippen molar-refractivity contribution in [2.24, 2.45) is 5.73 Å². The molecule has 0 amide bonds. The molecular formula is C11H13BrN2O. The van der Waals surface area contributed by atoms with E-state index in [0.29, 0.717) is 6.61 Å². The highest BCUT2D eigenvalue weighted by molar-refractivity contribution is 9.10. The van der Waals surface area contributed by atoms with Gasteiger partial charge in [-0.15, -0.1) is 0 Å². The normalized spacial score (nSPS) is 33.6. The van der Waals surface area contributed by atoms with E-state index >= 15 is 0 Å². The van der Waals surface area contributed by atoms with Crippen molar-refractivity contribution in [1.82, 2.24) is 5.32 Å². The van der Waals surface area contributed by atoms with Crippen molar-refractivity contribution in [3.05, 3.63) is 33.8 Å². The molecule has 0 saturated carbocycles. The Kier molecular flexibility index (Phi) is 2.14. The van der Waals surface area contributed by atoms with Crippen LogP contribution in [0.25, 0.3) is 0 Å². The Morgan fingerprint density at radius 3 is 3.00 bits per heavy atom. The third kappa shape index (κ3) is 1.52. The second-order valence-electron chi connectivity index (χ2n) is 4.39. The van der Waals surface area contributed by atoms with Crippen LogP contribution in [0.1, 0.15) is 11.1 Å². The highest BCUT2D eigenvalue weighted by Crippen LogP contribution is 2.36. The van der Waals surface area contributed by atoms with Gasteiger partial charge in [-0.1, -0.05) is 28.1 Å². The van der Waals surface area contributed by atoms with Crippen LogP contribution in [-0.4, -0.2) is 18.5 Å². The van der Waals surface area contributed by atoms with Crippen molar-refractivity contribution in [3.8, 4) is 0 Å². The predicted molar refractivity (Wildman–Crippen MR) is 61.3 cm³/mol. The van der Waals surface area contributed by atoms with E-state index in [1.807, 2.05) is 0 Å². The molecule has 3 N–H and O–H groups in total.